The highest BCUT2D eigenvalue weighted by molar-refractivity contribution is 8.12. The largest absolute Gasteiger partial charge is 0.436 e. The van der Waals surface area contributed by atoms with Crippen LogP contribution in [0.2, 0.25) is 0 Å². The summed E-state index contributed by atoms with van der Waals surface area (Å²) in [5.41, 5.74) is 0. The number of hydrogen-bond acceptors (Lipinski definition) is 4. The van der Waals surface area contributed by atoms with E-state index in [-0.39, 0.29) is 17.9 Å². The Morgan fingerprint density at radius 1 is 0.900 bits per heavy atom. The van der Waals surface area contributed by atoms with Crippen LogP contribution in [0.5, 0.6) is 0 Å². The first kappa shape index (κ1) is 7.96. The second-order valence-electron chi connectivity index (χ2n) is 2.00. The number of rotatable bonds is 0. The molecule has 0 aliphatic carbocycles. The number of hydrogen-bond donors (Lipinski definition) is 0. The van der Waals surface area contributed by atoms with Crippen LogP contribution in [0.4, 0.5) is 0 Å². The van der Waals surface area contributed by atoms with Gasteiger partial charge in [-0.1, -0.05) is 0 Å². The van der Waals surface area contributed by atoms with Gasteiger partial charge in [-0.15, -0.1) is 0 Å². The van der Waals surface area contributed by atoms with Crippen molar-refractivity contribution in [3.05, 3.63) is 4.13 Å². The van der Waals surface area contributed by atoms with Crippen molar-refractivity contribution >= 4 is 20.0 Å². The van der Waals surface area contributed by atoms with E-state index in [1.54, 1.807) is 0 Å². The maximum Gasteiger partial charge on any atom is 0.0830 e. The summed E-state index contributed by atoms with van der Waals surface area (Å²) in [4.78, 5) is 0. The average molecular weight is 184 g/mol. The molecule has 1 aliphatic rings. The fourth-order valence-corrected chi connectivity index (χ4v) is 3.85. The third kappa shape index (κ3) is 1.93. The van der Waals surface area contributed by atoms with Crippen LogP contribution in [0.25, 0.3) is 4.13 Å². The van der Waals surface area contributed by atoms with E-state index >= 15 is 0 Å². The lowest BCUT2D eigenvalue weighted by molar-refractivity contribution is 0.587. The SMILES string of the molecule is O=S1(=O)CCCS(=O)(=O)[N-]1. The quantitative estimate of drug-likeness (QED) is 0.504. The van der Waals surface area contributed by atoms with E-state index in [1.807, 2.05) is 0 Å². The van der Waals surface area contributed by atoms with Crippen molar-refractivity contribution in [1.29, 1.82) is 0 Å². The van der Waals surface area contributed by atoms with Gasteiger partial charge in [0.25, 0.3) is 0 Å². The monoisotopic (exact) mass is 184 g/mol. The van der Waals surface area contributed by atoms with Gasteiger partial charge in [-0.05, 0) is 6.42 Å². The Morgan fingerprint density at radius 2 is 1.30 bits per heavy atom. The first-order valence-corrected chi connectivity index (χ1v) is 5.83. The van der Waals surface area contributed by atoms with Gasteiger partial charge in [0.15, 0.2) is 0 Å². The van der Waals surface area contributed by atoms with Gasteiger partial charge >= 0.3 is 0 Å². The summed E-state index contributed by atoms with van der Waals surface area (Å²) < 4.78 is 44.8. The molecule has 1 rings (SSSR count). The van der Waals surface area contributed by atoms with Crippen molar-refractivity contribution in [2.75, 3.05) is 11.5 Å². The minimum Gasteiger partial charge on any atom is -0.436 e. The lowest BCUT2D eigenvalue weighted by atomic mass is 10.6. The van der Waals surface area contributed by atoms with Crippen molar-refractivity contribution in [3.63, 3.8) is 0 Å². The maximum atomic E-state index is 10.5. The number of nitrogens with zero attached hydrogens (tertiary/aromatic N) is 1. The highest BCUT2D eigenvalue weighted by atomic mass is 32.3. The standard InChI is InChI=1S/C3H6NO4S2/c5-9(6)2-1-3-10(7,8)4-9/h1-3H2/q-1. The zero-order valence-corrected chi connectivity index (χ0v) is 6.65. The Labute approximate surface area is 59.5 Å². The van der Waals surface area contributed by atoms with Crippen LogP contribution in [-0.2, 0) is 20.0 Å². The minimum atomic E-state index is -3.65. The fourth-order valence-electron chi connectivity index (χ4n) is 0.671. The Balaban J connectivity index is 2.97. The lowest BCUT2D eigenvalue weighted by Gasteiger charge is -2.25. The molecule has 0 saturated carbocycles. The van der Waals surface area contributed by atoms with Crippen molar-refractivity contribution in [1.82, 2.24) is 0 Å². The summed E-state index contributed by atoms with van der Waals surface area (Å²) in [7, 11) is -7.31. The molecular weight excluding hydrogens is 178 g/mol. The molecule has 10 heavy (non-hydrogen) atoms. The van der Waals surface area contributed by atoms with E-state index in [9.17, 15) is 16.8 Å². The third-order valence-electron chi connectivity index (χ3n) is 1.03. The van der Waals surface area contributed by atoms with E-state index < -0.39 is 20.0 Å². The summed E-state index contributed by atoms with van der Waals surface area (Å²) in [5, 5.41) is 0. The van der Waals surface area contributed by atoms with Crippen LogP contribution >= 0.6 is 0 Å². The molecule has 0 aromatic rings. The molecule has 0 amide bonds. The molecule has 1 saturated heterocycles. The molecule has 0 unspecified atom stereocenters. The van der Waals surface area contributed by atoms with Gasteiger partial charge in [0.1, 0.15) is 0 Å². The molecule has 0 bridgehead atoms. The highest BCUT2D eigenvalue weighted by Gasteiger charge is 2.14. The van der Waals surface area contributed by atoms with Crippen LogP contribution in [0.3, 0.4) is 0 Å². The van der Waals surface area contributed by atoms with E-state index in [1.165, 1.54) is 0 Å². The summed E-state index contributed by atoms with van der Waals surface area (Å²) in [6, 6.07) is 0. The maximum absolute atomic E-state index is 10.5. The van der Waals surface area contributed by atoms with Gasteiger partial charge in [0.05, 0.1) is 20.0 Å². The van der Waals surface area contributed by atoms with Gasteiger partial charge < -0.3 is 4.13 Å². The second-order valence-corrected chi connectivity index (χ2v) is 5.74. The number of sulfonamides is 2. The molecule has 0 spiro atoms. The van der Waals surface area contributed by atoms with Crippen molar-refractivity contribution in [2.24, 2.45) is 0 Å². The Hall–Kier alpha value is -0.140. The first-order chi connectivity index (χ1) is 4.41. The summed E-state index contributed by atoms with van der Waals surface area (Å²) in [5.74, 6) is -0.293. The van der Waals surface area contributed by atoms with Crippen molar-refractivity contribution < 1.29 is 16.8 Å². The molecule has 0 aromatic heterocycles. The van der Waals surface area contributed by atoms with E-state index in [2.05, 4.69) is 4.13 Å². The van der Waals surface area contributed by atoms with Crippen LogP contribution in [0.1, 0.15) is 6.42 Å². The lowest BCUT2D eigenvalue weighted by Crippen LogP contribution is -2.20. The summed E-state index contributed by atoms with van der Waals surface area (Å²) >= 11 is 0. The summed E-state index contributed by atoms with van der Waals surface area (Å²) in [6.45, 7) is 0. The zero-order valence-electron chi connectivity index (χ0n) is 5.02. The predicted octanol–water partition coefficient (Wildman–Crippen LogP) is -0.577. The van der Waals surface area contributed by atoms with Crippen LogP contribution in [-0.4, -0.2) is 28.3 Å². The van der Waals surface area contributed by atoms with Gasteiger partial charge in [-0.2, -0.15) is 0 Å². The van der Waals surface area contributed by atoms with Gasteiger partial charge in [0, 0.05) is 11.5 Å². The molecule has 0 aromatic carbocycles. The topological polar surface area (TPSA) is 82.4 Å². The molecular formula is C3H6NO4S2-. The molecule has 5 nitrogen and oxygen atoms in total. The van der Waals surface area contributed by atoms with Gasteiger partial charge in [-0.25, -0.2) is 16.8 Å². The molecule has 1 fully saturated rings. The Bertz CT molecular complexity index is 280. The van der Waals surface area contributed by atoms with Crippen molar-refractivity contribution in [2.45, 2.75) is 6.42 Å². The van der Waals surface area contributed by atoms with E-state index in [4.69, 9.17) is 0 Å². The second kappa shape index (κ2) is 2.18. The molecule has 60 valence electrons. The molecule has 1 aliphatic heterocycles. The van der Waals surface area contributed by atoms with Crippen molar-refractivity contribution in [3.8, 4) is 0 Å². The van der Waals surface area contributed by atoms with Gasteiger partial charge in [-0.3, -0.25) is 0 Å². The zero-order chi connectivity index (χ0) is 7.83. The highest BCUT2D eigenvalue weighted by Crippen LogP contribution is 2.18. The van der Waals surface area contributed by atoms with Crippen LogP contribution < -0.4 is 0 Å². The molecule has 0 N–H and O–H groups in total. The van der Waals surface area contributed by atoms with Gasteiger partial charge in [0.2, 0.25) is 0 Å². The first-order valence-electron chi connectivity index (χ1n) is 2.61. The Kier molecular flexibility index (Phi) is 1.73. The Morgan fingerprint density at radius 3 is 1.50 bits per heavy atom. The van der Waals surface area contributed by atoms with Crippen LogP contribution in [0, 0.1) is 0 Å². The van der Waals surface area contributed by atoms with E-state index in [0.717, 1.165) is 0 Å². The third-order valence-corrected chi connectivity index (χ3v) is 4.46. The fraction of sp³-hybridized carbons (Fsp3) is 1.00. The average Bonchev–Trinajstić information content (AvgIpc) is 1.56. The predicted molar refractivity (Wildman–Crippen MR) is 35.5 cm³/mol. The summed E-state index contributed by atoms with van der Waals surface area (Å²) in [6.07, 6.45) is 0.161. The molecule has 0 atom stereocenters. The smallest absolute Gasteiger partial charge is 0.0830 e. The molecule has 1 heterocycles. The molecule has 0 radical (unpaired) electrons. The van der Waals surface area contributed by atoms with E-state index in [0.29, 0.717) is 0 Å². The molecule has 7 heteroatoms. The minimum absolute atomic E-state index is 0.147. The normalized spacial score (nSPS) is 29.6. The van der Waals surface area contributed by atoms with Crippen LogP contribution in [0.15, 0.2) is 0 Å².